The molecule has 1 saturated heterocycles. The lowest BCUT2D eigenvalue weighted by atomic mass is 10.1. The Morgan fingerprint density at radius 2 is 1.91 bits per heavy atom. The van der Waals surface area contributed by atoms with Gasteiger partial charge in [0, 0.05) is 30.9 Å². The van der Waals surface area contributed by atoms with Crippen LogP contribution < -0.4 is 15.0 Å². The number of aryl methyl sites for hydroxylation is 1. The minimum Gasteiger partial charge on any atom is -0.497 e. The van der Waals surface area contributed by atoms with Gasteiger partial charge in [0.2, 0.25) is 0 Å². The second kappa shape index (κ2) is 6.64. The first-order chi connectivity index (χ1) is 10.7. The molecule has 0 bridgehead atoms. The van der Waals surface area contributed by atoms with Crippen molar-refractivity contribution in [1.82, 2.24) is 9.97 Å². The molecule has 3 rings (SSSR count). The van der Waals surface area contributed by atoms with Crippen molar-refractivity contribution in [2.75, 3.05) is 30.4 Å². The molecule has 116 valence electrons. The van der Waals surface area contributed by atoms with Crippen LogP contribution >= 0.6 is 0 Å². The number of piperidine rings is 1. The summed E-state index contributed by atoms with van der Waals surface area (Å²) in [5, 5.41) is 3.34. The van der Waals surface area contributed by atoms with Crippen LogP contribution in [0, 0.1) is 6.92 Å². The van der Waals surface area contributed by atoms with Gasteiger partial charge in [-0.25, -0.2) is 9.97 Å². The fourth-order valence-corrected chi connectivity index (χ4v) is 2.75. The van der Waals surface area contributed by atoms with Gasteiger partial charge in [-0.15, -0.1) is 0 Å². The zero-order valence-electron chi connectivity index (χ0n) is 13.2. The number of anilines is 3. The van der Waals surface area contributed by atoms with Crippen LogP contribution in [0.25, 0.3) is 0 Å². The van der Waals surface area contributed by atoms with Gasteiger partial charge < -0.3 is 15.0 Å². The first kappa shape index (κ1) is 14.6. The Morgan fingerprint density at radius 3 is 2.68 bits per heavy atom. The van der Waals surface area contributed by atoms with Gasteiger partial charge in [-0.2, -0.15) is 0 Å². The van der Waals surface area contributed by atoms with Gasteiger partial charge in [-0.1, -0.05) is 6.07 Å². The molecular weight excluding hydrogens is 276 g/mol. The average Bonchev–Trinajstić information content (AvgIpc) is 2.55. The topological polar surface area (TPSA) is 50.3 Å². The third kappa shape index (κ3) is 3.47. The summed E-state index contributed by atoms with van der Waals surface area (Å²) in [6.07, 6.45) is 3.79. The van der Waals surface area contributed by atoms with Crippen molar-refractivity contribution in [3.8, 4) is 5.75 Å². The van der Waals surface area contributed by atoms with Gasteiger partial charge in [0.1, 0.15) is 23.2 Å². The van der Waals surface area contributed by atoms with Crippen molar-refractivity contribution in [3.05, 3.63) is 36.2 Å². The second-order valence-corrected chi connectivity index (χ2v) is 5.56. The van der Waals surface area contributed by atoms with Gasteiger partial charge in [0.15, 0.2) is 0 Å². The lowest BCUT2D eigenvalue weighted by molar-refractivity contribution is 0.415. The van der Waals surface area contributed by atoms with Crippen LogP contribution in [0.5, 0.6) is 5.75 Å². The Labute approximate surface area is 131 Å². The number of rotatable bonds is 4. The highest BCUT2D eigenvalue weighted by molar-refractivity contribution is 5.61. The highest BCUT2D eigenvalue weighted by Crippen LogP contribution is 2.24. The summed E-state index contributed by atoms with van der Waals surface area (Å²) in [6.45, 7) is 4.09. The first-order valence-corrected chi connectivity index (χ1v) is 7.76. The Hall–Kier alpha value is -2.30. The molecule has 0 radical (unpaired) electrons. The third-order valence-electron chi connectivity index (χ3n) is 3.85. The van der Waals surface area contributed by atoms with E-state index in [2.05, 4.69) is 20.2 Å². The Balaban J connectivity index is 1.82. The maximum Gasteiger partial charge on any atom is 0.136 e. The number of aromatic nitrogens is 2. The van der Waals surface area contributed by atoms with Crippen molar-refractivity contribution in [2.24, 2.45) is 0 Å². The smallest absolute Gasteiger partial charge is 0.136 e. The minimum atomic E-state index is 0.786. The highest BCUT2D eigenvalue weighted by atomic mass is 16.5. The molecule has 1 fully saturated rings. The number of benzene rings is 1. The van der Waals surface area contributed by atoms with Crippen LogP contribution in [0.3, 0.4) is 0 Å². The lowest BCUT2D eigenvalue weighted by Crippen LogP contribution is -2.30. The zero-order chi connectivity index (χ0) is 15.4. The predicted octanol–water partition coefficient (Wildman–Crippen LogP) is 3.53. The van der Waals surface area contributed by atoms with Crippen LogP contribution in [0.15, 0.2) is 30.3 Å². The molecule has 0 amide bonds. The van der Waals surface area contributed by atoms with Crippen molar-refractivity contribution in [2.45, 2.75) is 26.2 Å². The van der Waals surface area contributed by atoms with Gasteiger partial charge in [-0.3, -0.25) is 0 Å². The van der Waals surface area contributed by atoms with Crippen LogP contribution in [0.2, 0.25) is 0 Å². The van der Waals surface area contributed by atoms with E-state index in [-0.39, 0.29) is 0 Å². The Kier molecular flexibility index (Phi) is 4.42. The fourth-order valence-electron chi connectivity index (χ4n) is 2.75. The number of methoxy groups -OCH3 is 1. The quantitative estimate of drug-likeness (QED) is 0.936. The molecule has 0 spiro atoms. The van der Waals surface area contributed by atoms with E-state index in [4.69, 9.17) is 4.74 Å². The molecule has 0 atom stereocenters. The van der Waals surface area contributed by atoms with Crippen LogP contribution in [0.4, 0.5) is 17.3 Å². The summed E-state index contributed by atoms with van der Waals surface area (Å²) in [7, 11) is 1.67. The molecule has 0 unspecified atom stereocenters. The summed E-state index contributed by atoms with van der Waals surface area (Å²) in [5.41, 5.74) is 0.960. The maximum atomic E-state index is 5.25. The molecule has 1 aliphatic heterocycles. The predicted molar refractivity (Wildman–Crippen MR) is 89.1 cm³/mol. The van der Waals surface area contributed by atoms with Crippen LogP contribution in [-0.4, -0.2) is 30.2 Å². The molecule has 2 aromatic rings. The van der Waals surface area contributed by atoms with Crippen molar-refractivity contribution in [3.63, 3.8) is 0 Å². The minimum absolute atomic E-state index is 0.786. The molecule has 1 aliphatic rings. The summed E-state index contributed by atoms with van der Waals surface area (Å²) >= 11 is 0. The molecule has 0 aliphatic carbocycles. The second-order valence-electron chi connectivity index (χ2n) is 5.56. The average molecular weight is 298 g/mol. The van der Waals surface area contributed by atoms with Gasteiger partial charge >= 0.3 is 0 Å². The normalized spacial score (nSPS) is 14.7. The van der Waals surface area contributed by atoms with E-state index >= 15 is 0 Å². The summed E-state index contributed by atoms with van der Waals surface area (Å²) in [6, 6.07) is 9.87. The molecule has 1 aromatic carbocycles. The zero-order valence-corrected chi connectivity index (χ0v) is 13.2. The lowest BCUT2D eigenvalue weighted by Gasteiger charge is -2.28. The van der Waals surface area contributed by atoms with Crippen molar-refractivity contribution < 1.29 is 4.74 Å². The number of ether oxygens (including phenoxy) is 1. The molecule has 2 heterocycles. The van der Waals surface area contributed by atoms with E-state index in [1.165, 1.54) is 19.3 Å². The summed E-state index contributed by atoms with van der Waals surface area (Å²) in [4.78, 5) is 11.4. The largest absolute Gasteiger partial charge is 0.497 e. The number of nitrogens with one attached hydrogen (secondary N) is 1. The van der Waals surface area contributed by atoms with Gasteiger partial charge in [0.25, 0.3) is 0 Å². The standard InChI is InChI=1S/C17H22N4O/c1-13-18-16(20-14-7-6-8-15(11-14)22-2)12-17(19-13)21-9-4-3-5-10-21/h6-8,11-12H,3-5,9-10H2,1-2H3,(H,18,19,20). The van der Waals surface area contributed by atoms with E-state index in [0.29, 0.717) is 0 Å². The summed E-state index contributed by atoms with van der Waals surface area (Å²) in [5.74, 6) is 3.44. The maximum absolute atomic E-state index is 5.25. The number of nitrogens with zero attached hydrogens (tertiary/aromatic N) is 3. The van der Waals surface area contributed by atoms with Crippen LogP contribution in [0.1, 0.15) is 25.1 Å². The molecule has 22 heavy (non-hydrogen) atoms. The van der Waals surface area contributed by atoms with E-state index in [0.717, 1.165) is 42.0 Å². The molecule has 1 N–H and O–H groups in total. The van der Waals surface area contributed by atoms with E-state index < -0.39 is 0 Å². The molecule has 0 saturated carbocycles. The number of hydrogen-bond donors (Lipinski definition) is 1. The SMILES string of the molecule is COc1cccc(Nc2cc(N3CCCCC3)nc(C)n2)c1. The molecular formula is C17H22N4O. The van der Waals surface area contributed by atoms with Crippen molar-refractivity contribution >= 4 is 17.3 Å². The van der Waals surface area contributed by atoms with Crippen molar-refractivity contribution in [1.29, 1.82) is 0 Å². The van der Waals surface area contributed by atoms with E-state index in [9.17, 15) is 0 Å². The monoisotopic (exact) mass is 298 g/mol. The molecule has 5 nitrogen and oxygen atoms in total. The summed E-state index contributed by atoms with van der Waals surface area (Å²) < 4.78 is 5.25. The van der Waals surface area contributed by atoms with E-state index in [1.54, 1.807) is 7.11 Å². The third-order valence-corrected chi connectivity index (χ3v) is 3.85. The Bertz CT molecular complexity index is 638. The highest BCUT2D eigenvalue weighted by Gasteiger charge is 2.13. The fraction of sp³-hybridized carbons (Fsp3) is 0.412. The Morgan fingerprint density at radius 1 is 1.09 bits per heavy atom. The number of hydrogen-bond acceptors (Lipinski definition) is 5. The van der Waals surface area contributed by atoms with Crippen LogP contribution in [-0.2, 0) is 0 Å². The molecule has 5 heteroatoms. The molecule has 1 aromatic heterocycles. The van der Waals surface area contributed by atoms with Gasteiger partial charge in [0.05, 0.1) is 7.11 Å². The first-order valence-electron chi connectivity index (χ1n) is 7.76. The van der Waals surface area contributed by atoms with Gasteiger partial charge in [-0.05, 0) is 38.3 Å². The van der Waals surface area contributed by atoms with E-state index in [1.807, 2.05) is 37.3 Å².